The van der Waals surface area contributed by atoms with Crippen LogP contribution in [0.3, 0.4) is 0 Å². The van der Waals surface area contributed by atoms with Crippen LogP contribution in [0, 0.1) is 12.3 Å². The van der Waals surface area contributed by atoms with E-state index in [1.165, 1.54) is 0 Å². The summed E-state index contributed by atoms with van der Waals surface area (Å²) in [6, 6.07) is 1.94. The number of aryl methyl sites for hydroxylation is 1. The Hall–Kier alpha value is -1.23. The van der Waals surface area contributed by atoms with Gasteiger partial charge in [-0.1, -0.05) is 5.92 Å². The number of guanidine groups is 1. The van der Waals surface area contributed by atoms with Crippen LogP contribution in [0.5, 0.6) is 0 Å². The van der Waals surface area contributed by atoms with Gasteiger partial charge in [-0.25, -0.2) is 4.99 Å². The van der Waals surface area contributed by atoms with Crippen molar-refractivity contribution < 1.29 is 0 Å². The fraction of sp³-hybridized carbons (Fsp3) is 0.455. The van der Waals surface area contributed by atoms with Crippen LogP contribution in [0.25, 0.3) is 0 Å². The molecule has 2 N–H and O–H groups in total. The molecule has 1 heterocycles. The monoisotopic (exact) mass is 347 g/mol. The lowest BCUT2D eigenvalue weighted by molar-refractivity contribution is 0.709. The Bertz CT molecular complexity index is 391. The topological polar surface area (TPSA) is 54.2 Å². The highest BCUT2D eigenvalue weighted by atomic mass is 127. The molecule has 17 heavy (non-hydrogen) atoms. The van der Waals surface area contributed by atoms with Crippen molar-refractivity contribution in [3.05, 3.63) is 18.0 Å². The van der Waals surface area contributed by atoms with Crippen molar-refractivity contribution in [3.8, 4) is 12.3 Å². The number of halogens is 1. The van der Waals surface area contributed by atoms with E-state index in [1.807, 2.05) is 20.0 Å². The van der Waals surface area contributed by atoms with Gasteiger partial charge in [0.05, 0.1) is 18.8 Å². The van der Waals surface area contributed by atoms with Gasteiger partial charge in [0.25, 0.3) is 0 Å². The van der Waals surface area contributed by atoms with Crippen molar-refractivity contribution in [2.24, 2.45) is 12.0 Å². The molecule has 0 bridgehead atoms. The molecular formula is C11H18IN5. The number of rotatable bonds is 4. The lowest BCUT2D eigenvalue weighted by atomic mass is 10.4. The summed E-state index contributed by atoms with van der Waals surface area (Å²) in [7, 11) is 1.90. The molecule has 0 saturated carbocycles. The van der Waals surface area contributed by atoms with E-state index in [1.54, 1.807) is 10.9 Å². The quantitative estimate of drug-likeness (QED) is 0.365. The molecule has 1 aromatic rings. The third-order valence-corrected chi connectivity index (χ3v) is 2.02. The minimum Gasteiger partial charge on any atom is -0.357 e. The van der Waals surface area contributed by atoms with Crippen LogP contribution >= 0.6 is 24.0 Å². The van der Waals surface area contributed by atoms with Gasteiger partial charge in [0.15, 0.2) is 5.96 Å². The molecule has 0 aliphatic carbocycles. The summed E-state index contributed by atoms with van der Waals surface area (Å²) in [6.45, 7) is 3.87. The fourth-order valence-corrected chi connectivity index (χ4v) is 1.19. The SMILES string of the molecule is C#CCNC(=NCc1ccnn1C)NCC.I. The van der Waals surface area contributed by atoms with Gasteiger partial charge in [0.2, 0.25) is 0 Å². The molecule has 6 heteroatoms. The molecule has 0 fully saturated rings. The third kappa shape index (κ3) is 5.58. The third-order valence-electron chi connectivity index (χ3n) is 2.02. The van der Waals surface area contributed by atoms with Gasteiger partial charge in [-0.15, -0.1) is 30.4 Å². The first-order valence-corrected chi connectivity index (χ1v) is 5.20. The van der Waals surface area contributed by atoms with E-state index in [-0.39, 0.29) is 24.0 Å². The average molecular weight is 347 g/mol. The molecule has 1 rings (SSSR count). The number of terminal acetylenes is 1. The maximum atomic E-state index is 5.18. The Morgan fingerprint density at radius 3 is 2.88 bits per heavy atom. The minimum atomic E-state index is 0. The predicted octanol–water partition coefficient (Wildman–Crippen LogP) is 0.726. The lowest BCUT2D eigenvalue weighted by Crippen LogP contribution is -2.37. The zero-order valence-electron chi connectivity index (χ0n) is 10.1. The van der Waals surface area contributed by atoms with Crippen molar-refractivity contribution in [1.82, 2.24) is 20.4 Å². The van der Waals surface area contributed by atoms with Crippen LogP contribution in [0.15, 0.2) is 17.3 Å². The molecule has 0 atom stereocenters. The highest BCUT2D eigenvalue weighted by molar-refractivity contribution is 14.0. The maximum Gasteiger partial charge on any atom is 0.192 e. The normalized spacial score (nSPS) is 10.3. The number of aromatic nitrogens is 2. The maximum absolute atomic E-state index is 5.18. The Balaban J connectivity index is 0.00000256. The van der Waals surface area contributed by atoms with Gasteiger partial charge < -0.3 is 10.6 Å². The van der Waals surface area contributed by atoms with Crippen molar-refractivity contribution in [1.29, 1.82) is 0 Å². The van der Waals surface area contributed by atoms with Crippen LogP contribution in [0.4, 0.5) is 0 Å². The number of nitrogens with zero attached hydrogens (tertiary/aromatic N) is 3. The van der Waals surface area contributed by atoms with Gasteiger partial charge in [-0.2, -0.15) is 5.10 Å². The second-order valence-corrected chi connectivity index (χ2v) is 3.20. The molecule has 0 aromatic carbocycles. The van der Waals surface area contributed by atoms with E-state index in [2.05, 4.69) is 26.6 Å². The first-order valence-electron chi connectivity index (χ1n) is 5.20. The fourth-order valence-electron chi connectivity index (χ4n) is 1.19. The molecular weight excluding hydrogens is 329 g/mol. The first-order chi connectivity index (χ1) is 7.77. The minimum absolute atomic E-state index is 0. The number of hydrogen-bond acceptors (Lipinski definition) is 2. The van der Waals surface area contributed by atoms with E-state index in [0.29, 0.717) is 13.1 Å². The second-order valence-electron chi connectivity index (χ2n) is 3.20. The van der Waals surface area contributed by atoms with Gasteiger partial charge in [0.1, 0.15) is 0 Å². The zero-order chi connectivity index (χ0) is 11.8. The molecule has 0 saturated heterocycles. The Labute approximate surface area is 119 Å². The van der Waals surface area contributed by atoms with E-state index >= 15 is 0 Å². The van der Waals surface area contributed by atoms with Gasteiger partial charge in [-0.3, -0.25) is 4.68 Å². The average Bonchev–Trinajstić information content (AvgIpc) is 2.68. The molecule has 0 aliphatic heterocycles. The number of nitrogens with one attached hydrogen (secondary N) is 2. The molecule has 0 unspecified atom stereocenters. The first kappa shape index (κ1) is 15.8. The zero-order valence-corrected chi connectivity index (χ0v) is 12.4. The smallest absolute Gasteiger partial charge is 0.192 e. The summed E-state index contributed by atoms with van der Waals surface area (Å²) in [6.07, 6.45) is 6.94. The van der Waals surface area contributed by atoms with Crippen LogP contribution in [-0.4, -0.2) is 28.8 Å². The number of aliphatic imine (C=N–C) groups is 1. The molecule has 5 nitrogen and oxygen atoms in total. The molecule has 0 aliphatic rings. The van der Waals surface area contributed by atoms with E-state index in [9.17, 15) is 0 Å². The van der Waals surface area contributed by atoms with Crippen LogP contribution in [0.2, 0.25) is 0 Å². The van der Waals surface area contributed by atoms with Crippen molar-refractivity contribution in [2.45, 2.75) is 13.5 Å². The Kier molecular flexibility index (Phi) is 8.23. The second kappa shape index (κ2) is 8.87. The van der Waals surface area contributed by atoms with Crippen molar-refractivity contribution in [2.75, 3.05) is 13.1 Å². The summed E-state index contributed by atoms with van der Waals surface area (Å²) in [5.74, 6) is 3.24. The van der Waals surface area contributed by atoms with Gasteiger partial charge in [0, 0.05) is 19.8 Å². The molecule has 1 aromatic heterocycles. The Morgan fingerprint density at radius 1 is 1.59 bits per heavy atom. The lowest BCUT2D eigenvalue weighted by Gasteiger charge is -2.08. The summed E-state index contributed by atoms with van der Waals surface area (Å²) in [5.41, 5.74) is 1.05. The van der Waals surface area contributed by atoms with Crippen LogP contribution < -0.4 is 10.6 Å². The summed E-state index contributed by atoms with van der Waals surface area (Å²) in [5, 5.41) is 10.2. The highest BCUT2D eigenvalue weighted by Crippen LogP contribution is 1.97. The predicted molar refractivity (Wildman–Crippen MR) is 80.3 cm³/mol. The van der Waals surface area contributed by atoms with E-state index in [0.717, 1.165) is 18.2 Å². The molecule has 0 amide bonds. The largest absolute Gasteiger partial charge is 0.357 e. The highest BCUT2D eigenvalue weighted by Gasteiger charge is 1.98. The van der Waals surface area contributed by atoms with Crippen LogP contribution in [-0.2, 0) is 13.6 Å². The van der Waals surface area contributed by atoms with E-state index in [4.69, 9.17) is 6.42 Å². The Morgan fingerprint density at radius 2 is 2.35 bits per heavy atom. The number of hydrogen-bond donors (Lipinski definition) is 2. The molecule has 0 spiro atoms. The molecule has 0 radical (unpaired) electrons. The standard InChI is InChI=1S/C11H17N5.HI/c1-4-7-13-11(12-5-2)14-9-10-6-8-15-16(10)3;/h1,6,8H,5,7,9H2,2-3H3,(H2,12,13,14);1H. The summed E-state index contributed by atoms with van der Waals surface area (Å²) in [4.78, 5) is 4.39. The summed E-state index contributed by atoms with van der Waals surface area (Å²) >= 11 is 0. The van der Waals surface area contributed by atoms with Gasteiger partial charge in [-0.05, 0) is 13.0 Å². The summed E-state index contributed by atoms with van der Waals surface area (Å²) < 4.78 is 1.80. The van der Waals surface area contributed by atoms with E-state index < -0.39 is 0 Å². The molecule has 94 valence electrons. The van der Waals surface area contributed by atoms with Crippen LogP contribution in [0.1, 0.15) is 12.6 Å². The van der Waals surface area contributed by atoms with Gasteiger partial charge >= 0.3 is 0 Å². The van der Waals surface area contributed by atoms with Crippen molar-refractivity contribution in [3.63, 3.8) is 0 Å². The van der Waals surface area contributed by atoms with Crippen molar-refractivity contribution >= 4 is 29.9 Å².